The summed E-state index contributed by atoms with van der Waals surface area (Å²) in [7, 11) is 0. The van der Waals surface area contributed by atoms with Gasteiger partial charge in [0.25, 0.3) is 0 Å². The third-order valence-electron chi connectivity index (χ3n) is 1.50. The normalized spacial score (nSPS) is 13.9. The van der Waals surface area contributed by atoms with Gasteiger partial charge in [0.2, 0.25) is 0 Å². The van der Waals surface area contributed by atoms with Crippen LogP contribution in [0.3, 0.4) is 0 Å². The zero-order chi connectivity index (χ0) is 8.43. The summed E-state index contributed by atoms with van der Waals surface area (Å²) in [6.45, 7) is 4.19. The summed E-state index contributed by atoms with van der Waals surface area (Å²) in [5.41, 5.74) is 5.88. The van der Waals surface area contributed by atoms with Gasteiger partial charge >= 0.3 is 0 Å². The lowest BCUT2D eigenvalue weighted by Crippen LogP contribution is -2.16. The molecule has 1 rings (SSSR count). The molecule has 62 valence electrons. The van der Waals surface area contributed by atoms with Crippen LogP contribution in [0.2, 0.25) is 0 Å². The van der Waals surface area contributed by atoms with Crippen LogP contribution in [0.5, 0.6) is 0 Å². The van der Waals surface area contributed by atoms with Gasteiger partial charge in [0.05, 0.1) is 16.0 Å². The van der Waals surface area contributed by atoms with E-state index in [4.69, 9.17) is 5.73 Å². The van der Waals surface area contributed by atoms with Crippen LogP contribution in [0, 0.1) is 5.92 Å². The zero-order valence-electron chi connectivity index (χ0n) is 6.54. The van der Waals surface area contributed by atoms with E-state index in [1.807, 2.05) is 0 Å². The minimum atomic E-state index is 0.0753. The molecule has 0 aromatic carbocycles. The van der Waals surface area contributed by atoms with Crippen molar-refractivity contribution >= 4 is 27.3 Å². The van der Waals surface area contributed by atoms with Crippen LogP contribution in [0.25, 0.3) is 0 Å². The minimum Gasteiger partial charge on any atom is -0.322 e. The summed E-state index contributed by atoms with van der Waals surface area (Å²) in [5, 5.41) is 1.01. The average molecular weight is 235 g/mol. The first kappa shape index (κ1) is 9.16. The second-order valence-corrected chi connectivity index (χ2v) is 5.21. The van der Waals surface area contributed by atoms with Gasteiger partial charge in [-0.2, -0.15) is 0 Å². The van der Waals surface area contributed by atoms with Crippen molar-refractivity contribution in [3.8, 4) is 0 Å². The molecule has 1 atom stereocenters. The number of thiazole rings is 1. The van der Waals surface area contributed by atoms with E-state index in [2.05, 4.69) is 34.8 Å². The standard InChI is InChI=1S/C7H11BrN2S/c1-4(2)6(9)7-10-3-5(8)11-7/h3-4,6H,9H2,1-2H3. The Morgan fingerprint density at radius 2 is 2.27 bits per heavy atom. The van der Waals surface area contributed by atoms with Gasteiger partial charge < -0.3 is 5.73 Å². The Morgan fingerprint density at radius 1 is 1.64 bits per heavy atom. The van der Waals surface area contributed by atoms with Gasteiger partial charge in [-0.3, -0.25) is 0 Å². The largest absolute Gasteiger partial charge is 0.322 e. The van der Waals surface area contributed by atoms with Gasteiger partial charge in [-0.15, -0.1) is 11.3 Å². The number of nitrogens with zero attached hydrogens (tertiary/aromatic N) is 1. The van der Waals surface area contributed by atoms with Crippen molar-refractivity contribution in [3.05, 3.63) is 15.0 Å². The monoisotopic (exact) mass is 234 g/mol. The van der Waals surface area contributed by atoms with Gasteiger partial charge in [-0.1, -0.05) is 13.8 Å². The predicted molar refractivity (Wildman–Crippen MR) is 51.6 cm³/mol. The molecule has 2 nitrogen and oxygen atoms in total. The van der Waals surface area contributed by atoms with Gasteiger partial charge in [0.15, 0.2) is 0 Å². The van der Waals surface area contributed by atoms with Crippen molar-refractivity contribution in [2.24, 2.45) is 11.7 Å². The Bertz CT molecular complexity index is 234. The highest BCUT2D eigenvalue weighted by Gasteiger charge is 2.13. The molecule has 1 heterocycles. The number of halogens is 1. The Morgan fingerprint density at radius 3 is 2.64 bits per heavy atom. The van der Waals surface area contributed by atoms with E-state index in [-0.39, 0.29) is 6.04 Å². The van der Waals surface area contributed by atoms with Gasteiger partial charge in [0, 0.05) is 0 Å². The highest BCUT2D eigenvalue weighted by atomic mass is 79.9. The lowest BCUT2D eigenvalue weighted by atomic mass is 10.1. The van der Waals surface area contributed by atoms with E-state index in [9.17, 15) is 0 Å². The molecule has 0 aliphatic heterocycles. The molecular weight excluding hydrogens is 224 g/mol. The number of hydrogen-bond donors (Lipinski definition) is 1. The van der Waals surface area contributed by atoms with Gasteiger partial charge in [-0.25, -0.2) is 4.98 Å². The second-order valence-electron chi connectivity index (χ2n) is 2.77. The first-order valence-electron chi connectivity index (χ1n) is 3.48. The quantitative estimate of drug-likeness (QED) is 0.855. The summed E-state index contributed by atoms with van der Waals surface area (Å²) >= 11 is 4.95. The van der Waals surface area contributed by atoms with Crippen molar-refractivity contribution in [2.45, 2.75) is 19.9 Å². The molecule has 1 aromatic rings. The maximum absolute atomic E-state index is 5.88. The van der Waals surface area contributed by atoms with Crippen LogP contribution < -0.4 is 5.73 Å². The smallest absolute Gasteiger partial charge is 0.111 e. The van der Waals surface area contributed by atoms with Crippen molar-refractivity contribution in [3.63, 3.8) is 0 Å². The molecule has 0 aliphatic carbocycles. The van der Waals surface area contributed by atoms with E-state index in [0.717, 1.165) is 8.79 Å². The van der Waals surface area contributed by atoms with Crippen molar-refractivity contribution in [1.29, 1.82) is 0 Å². The third kappa shape index (κ3) is 2.25. The molecule has 4 heteroatoms. The topological polar surface area (TPSA) is 38.9 Å². The van der Waals surface area contributed by atoms with Crippen LogP contribution in [-0.2, 0) is 0 Å². The zero-order valence-corrected chi connectivity index (χ0v) is 8.95. The molecule has 11 heavy (non-hydrogen) atoms. The number of aromatic nitrogens is 1. The van der Waals surface area contributed by atoms with Crippen LogP contribution in [0.4, 0.5) is 0 Å². The minimum absolute atomic E-state index is 0.0753. The van der Waals surface area contributed by atoms with Gasteiger partial charge in [-0.05, 0) is 21.8 Å². The van der Waals surface area contributed by atoms with Crippen LogP contribution >= 0.6 is 27.3 Å². The summed E-state index contributed by atoms with van der Waals surface area (Å²) in [6, 6.07) is 0.0753. The first-order chi connectivity index (χ1) is 5.11. The lowest BCUT2D eigenvalue weighted by molar-refractivity contribution is 0.512. The number of rotatable bonds is 2. The Labute approximate surface area is 79.0 Å². The van der Waals surface area contributed by atoms with Crippen LogP contribution in [-0.4, -0.2) is 4.98 Å². The Balaban J connectivity index is 2.76. The predicted octanol–water partition coefficient (Wildman–Crippen LogP) is 2.56. The molecule has 0 aliphatic rings. The number of hydrogen-bond acceptors (Lipinski definition) is 3. The fraction of sp³-hybridized carbons (Fsp3) is 0.571. The number of nitrogens with two attached hydrogens (primary N) is 1. The lowest BCUT2D eigenvalue weighted by Gasteiger charge is -2.11. The fourth-order valence-corrected chi connectivity index (χ4v) is 2.13. The Kier molecular flexibility index (Phi) is 3.04. The molecule has 1 aromatic heterocycles. The van der Waals surface area contributed by atoms with E-state index in [1.54, 1.807) is 17.5 Å². The summed E-state index contributed by atoms with van der Waals surface area (Å²) < 4.78 is 1.05. The Hall–Kier alpha value is 0.0700. The molecule has 0 fully saturated rings. The summed E-state index contributed by atoms with van der Waals surface area (Å²) in [6.07, 6.45) is 1.79. The second kappa shape index (κ2) is 3.65. The molecule has 2 N–H and O–H groups in total. The molecule has 1 unspecified atom stereocenters. The molecule has 0 bridgehead atoms. The van der Waals surface area contributed by atoms with E-state index in [1.165, 1.54) is 0 Å². The van der Waals surface area contributed by atoms with E-state index in [0.29, 0.717) is 5.92 Å². The highest BCUT2D eigenvalue weighted by Crippen LogP contribution is 2.26. The molecule has 0 amide bonds. The summed E-state index contributed by atoms with van der Waals surface area (Å²) in [4.78, 5) is 4.18. The van der Waals surface area contributed by atoms with Gasteiger partial charge in [0.1, 0.15) is 5.01 Å². The fourth-order valence-electron chi connectivity index (χ4n) is 0.706. The van der Waals surface area contributed by atoms with Crippen molar-refractivity contribution in [1.82, 2.24) is 4.98 Å². The molecule has 0 saturated carbocycles. The molecule has 0 radical (unpaired) electrons. The molecular formula is C7H11BrN2S. The first-order valence-corrected chi connectivity index (χ1v) is 5.09. The van der Waals surface area contributed by atoms with Crippen molar-refractivity contribution in [2.75, 3.05) is 0 Å². The van der Waals surface area contributed by atoms with E-state index < -0.39 is 0 Å². The van der Waals surface area contributed by atoms with E-state index >= 15 is 0 Å². The SMILES string of the molecule is CC(C)C(N)c1ncc(Br)s1. The molecule has 0 saturated heterocycles. The maximum Gasteiger partial charge on any atom is 0.111 e. The average Bonchev–Trinajstić information content (AvgIpc) is 2.34. The third-order valence-corrected chi connectivity index (χ3v) is 3.08. The van der Waals surface area contributed by atoms with Crippen LogP contribution in [0.1, 0.15) is 24.9 Å². The highest BCUT2D eigenvalue weighted by molar-refractivity contribution is 9.11. The van der Waals surface area contributed by atoms with Crippen LogP contribution in [0.15, 0.2) is 9.98 Å². The maximum atomic E-state index is 5.88. The summed E-state index contributed by atoms with van der Waals surface area (Å²) in [5.74, 6) is 0.452. The molecule has 0 spiro atoms. The van der Waals surface area contributed by atoms with Crippen molar-refractivity contribution < 1.29 is 0 Å².